The second-order valence-electron chi connectivity index (χ2n) is 6.65. The number of carboxylic acid groups (broad SMARTS) is 1. The number of amides is 1. The summed E-state index contributed by atoms with van der Waals surface area (Å²) in [5.74, 6) is -0.876. The molecule has 6 heteroatoms. The van der Waals surface area contributed by atoms with Crippen LogP contribution >= 0.6 is 0 Å². The molecule has 6 nitrogen and oxygen atoms in total. The smallest absolute Gasteiger partial charge is 0.411 e. The van der Waals surface area contributed by atoms with Crippen molar-refractivity contribution < 1.29 is 19.4 Å². The van der Waals surface area contributed by atoms with Gasteiger partial charge in [0.1, 0.15) is 11.6 Å². The minimum atomic E-state index is -0.983. The van der Waals surface area contributed by atoms with E-state index >= 15 is 0 Å². The van der Waals surface area contributed by atoms with Gasteiger partial charge in [0, 0.05) is 18.9 Å². The highest BCUT2D eigenvalue weighted by molar-refractivity contribution is 5.81. The lowest BCUT2D eigenvalue weighted by atomic mass is 9.97. The Bertz CT molecular complexity index is 539. The molecule has 1 aromatic heterocycles. The number of pyridine rings is 1. The van der Waals surface area contributed by atoms with Crippen LogP contribution in [0.25, 0.3) is 0 Å². The standard InChI is InChI=1S/C16H22N2O4/c1-16(2,3)22-15(21)18-10-12(9-13(18)14(19)20)8-11-4-6-17-7-5-11/h4-7,12-13H,8-10H2,1-3H3,(H,19,20)/t12-,13+/m1/s1. The van der Waals surface area contributed by atoms with Crippen molar-refractivity contribution in [2.24, 2.45) is 5.92 Å². The maximum absolute atomic E-state index is 12.2. The Morgan fingerprint density at radius 1 is 1.36 bits per heavy atom. The van der Waals surface area contributed by atoms with Crippen molar-refractivity contribution in [1.29, 1.82) is 0 Å². The molecule has 1 saturated heterocycles. The van der Waals surface area contributed by atoms with E-state index in [-0.39, 0.29) is 5.92 Å². The summed E-state index contributed by atoms with van der Waals surface area (Å²) in [4.78, 5) is 28.9. The summed E-state index contributed by atoms with van der Waals surface area (Å²) in [5, 5.41) is 9.36. The predicted molar refractivity (Wildman–Crippen MR) is 80.4 cm³/mol. The molecule has 1 amide bonds. The van der Waals surface area contributed by atoms with Crippen molar-refractivity contribution in [1.82, 2.24) is 9.88 Å². The van der Waals surface area contributed by atoms with E-state index in [4.69, 9.17) is 4.74 Å². The van der Waals surface area contributed by atoms with Gasteiger partial charge in [-0.25, -0.2) is 9.59 Å². The van der Waals surface area contributed by atoms with E-state index in [0.29, 0.717) is 13.0 Å². The highest BCUT2D eigenvalue weighted by Gasteiger charge is 2.41. The Hall–Kier alpha value is -2.11. The second kappa shape index (κ2) is 6.34. The van der Waals surface area contributed by atoms with E-state index in [1.807, 2.05) is 12.1 Å². The molecule has 2 rings (SSSR count). The van der Waals surface area contributed by atoms with Crippen LogP contribution in [0, 0.1) is 5.92 Å². The van der Waals surface area contributed by atoms with Gasteiger partial charge in [0.15, 0.2) is 0 Å². The molecule has 0 spiro atoms. The number of nitrogens with zero attached hydrogens (tertiary/aromatic N) is 2. The molecule has 2 heterocycles. The molecule has 1 N–H and O–H groups in total. The van der Waals surface area contributed by atoms with Crippen LogP contribution in [-0.2, 0) is 16.0 Å². The summed E-state index contributed by atoms with van der Waals surface area (Å²) in [7, 11) is 0. The van der Waals surface area contributed by atoms with Crippen LogP contribution in [0.2, 0.25) is 0 Å². The van der Waals surface area contributed by atoms with Crippen molar-refractivity contribution in [3.8, 4) is 0 Å². The number of aromatic nitrogens is 1. The Labute approximate surface area is 130 Å². The molecule has 0 aromatic carbocycles. The Kier molecular flexibility index (Phi) is 4.68. The maximum atomic E-state index is 12.2. The molecule has 22 heavy (non-hydrogen) atoms. The number of carbonyl (C=O) groups excluding carboxylic acids is 1. The van der Waals surface area contributed by atoms with Crippen LogP contribution in [0.1, 0.15) is 32.8 Å². The Morgan fingerprint density at radius 2 is 2.00 bits per heavy atom. The van der Waals surface area contributed by atoms with Crippen LogP contribution in [0.5, 0.6) is 0 Å². The predicted octanol–water partition coefficient (Wildman–Crippen LogP) is 2.33. The largest absolute Gasteiger partial charge is 0.480 e. The number of ether oxygens (including phenoxy) is 1. The van der Waals surface area contributed by atoms with E-state index in [9.17, 15) is 14.7 Å². The molecule has 0 unspecified atom stereocenters. The van der Waals surface area contributed by atoms with Crippen molar-refractivity contribution in [3.63, 3.8) is 0 Å². The normalized spacial score (nSPS) is 21.7. The zero-order valence-electron chi connectivity index (χ0n) is 13.2. The summed E-state index contributed by atoms with van der Waals surface area (Å²) in [5.41, 5.74) is 0.457. The first-order valence-electron chi connectivity index (χ1n) is 7.37. The highest BCUT2D eigenvalue weighted by Crippen LogP contribution is 2.28. The highest BCUT2D eigenvalue weighted by atomic mass is 16.6. The fourth-order valence-corrected chi connectivity index (χ4v) is 2.68. The van der Waals surface area contributed by atoms with Crippen LogP contribution < -0.4 is 0 Å². The monoisotopic (exact) mass is 306 g/mol. The molecule has 1 aliphatic rings. The molecule has 2 atom stereocenters. The fourth-order valence-electron chi connectivity index (χ4n) is 2.68. The zero-order chi connectivity index (χ0) is 16.3. The second-order valence-corrected chi connectivity index (χ2v) is 6.65. The first kappa shape index (κ1) is 16.3. The lowest BCUT2D eigenvalue weighted by molar-refractivity contribution is -0.142. The van der Waals surface area contributed by atoms with Crippen LogP contribution in [0.15, 0.2) is 24.5 Å². The third kappa shape index (κ3) is 4.19. The number of carboxylic acids is 1. The molecule has 1 fully saturated rings. The van der Waals surface area contributed by atoms with Crippen molar-refractivity contribution in [2.45, 2.75) is 45.3 Å². The summed E-state index contributed by atoms with van der Waals surface area (Å²) in [6.45, 7) is 5.70. The molecule has 0 bridgehead atoms. The van der Waals surface area contributed by atoms with Crippen molar-refractivity contribution >= 4 is 12.1 Å². The van der Waals surface area contributed by atoms with Crippen molar-refractivity contribution in [2.75, 3.05) is 6.54 Å². The number of aliphatic carboxylic acids is 1. The van der Waals surface area contributed by atoms with E-state index in [1.165, 1.54) is 4.90 Å². The van der Waals surface area contributed by atoms with Crippen LogP contribution in [-0.4, -0.2) is 45.2 Å². The van der Waals surface area contributed by atoms with Gasteiger partial charge in [-0.3, -0.25) is 9.88 Å². The molecule has 1 aromatic rings. The fraction of sp³-hybridized carbons (Fsp3) is 0.562. The molecule has 0 aliphatic carbocycles. The quantitative estimate of drug-likeness (QED) is 0.927. The van der Waals surface area contributed by atoms with Gasteiger partial charge in [-0.05, 0) is 57.2 Å². The summed E-state index contributed by atoms with van der Waals surface area (Å²) >= 11 is 0. The van der Waals surface area contributed by atoms with E-state index in [0.717, 1.165) is 12.0 Å². The maximum Gasteiger partial charge on any atom is 0.411 e. The topological polar surface area (TPSA) is 79.7 Å². The van der Waals surface area contributed by atoms with Crippen LogP contribution in [0.4, 0.5) is 4.79 Å². The Balaban J connectivity index is 2.06. The first-order valence-corrected chi connectivity index (χ1v) is 7.37. The molecule has 1 aliphatic heterocycles. The van der Waals surface area contributed by atoms with Crippen LogP contribution in [0.3, 0.4) is 0 Å². The molecule has 0 saturated carbocycles. The minimum Gasteiger partial charge on any atom is -0.480 e. The zero-order valence-corrected chi connectivity index (χ0v) is 13.2. The minimum absolute atomic E-state index is 0.107. The van der Waals surface area contributed by atoms with E-state index < -0.39 is 23.7 Å². The summed E-state index contributed by atoms with van der Waals surface area (Å²) in [6.07, 6.45) is 4.04. The van der Waals surface area contributed by atoms with Gasteiger partial charge < -0.3 is 9.84 Å². The molecule has 120 valence electrons. The molecular weight excluding hydrogens is 284 g/mol. The lowest BCUT2D eigenvalue weighted by Gasteiger charge is -2.26. The summed E-state index contributed by atoms with van der Waals surface area (Å²) < 4.78 is 5.31. The van der Waals surface area contributed by atoms with Gasteiger partial charge in [0.25, 0.3) is 0 Å². The number of likely N-dealkylation sites (tertiary alicyclic amines) is 1. The van der Waals surface area contributed by atoms with Gasteiger partial charge in [0.2, 0.25) is 0 Å². The molecule has 0 radical (unpaired) electrons. The van der Waals surface area contributed by atoms with Crippen molar-refractivity contribution in [3.05, 3.63) is 30.1 Å². The number of hydrogen-bond donors (Lipinski definition) is 1. The first-order chi connectivity index (χ1) is 10.3. The van der Waals surface area contributed by atoms with E-state index in [1.54, 1.807) is 33.2 Å². The van der Waals surface area contributed by atoms with Gasteiger partial charge in [-0.15, -0.1) is 0 Å². The lowest BCUT2D eigenvalue weighted by Crippen LogP contribution is -2.43. The van der Waals surface area contributed by atoms with Gasteiger partial charge >= 0.3 is 12.1 Å². The number of carbonyl (C=O) groups is 2. The van der Waals surface area contributed by atoms with Gasteiger partial charge in [-0.2, -0.15) is 0 Å². The molecular formula is C16H22N2O4. The summed E-state index contributed by atoms with van der Waals surface area (Å²) in [6, 6.07) is 3.00. The average Bonchev–Trinajstić information content (AvgIpc) is 2.82. The van der Waals surface area contributed by atoms with E-state index in [2.05, 4.69) is 4.98 Å². The van der Waals surface area contributed by atoms with Gasteiger partial charge in [-0.1, -0.05) is 0 Å². The SMILES string of the molecule is CC(C)(C)OC(=O)N1C[C@H](Cc2ccncc2)C[C@H]1C(=O)O. The van der Waals surface area contributed by atoms with Gasteiger partial charge in [0.05, 0.1) is 0 Å². The third-order valence-electron chi connectivity index (χ3n) is 3.57. The third-order valence-corrected chi connectivity index (χ3v) is 3.57. The Morgan fingerprint density at radius 3 is 2.55 bits per heavy atom. The average molecular weight is 306 g/mol. The number of hydrogen-bond acceptors (Lipinski definition) is 4. The number of rotatable bonds is 3.